The maximum atomic E-state index is 11.7. The Balaban J connectivity index is 2.02. The molecular formula is C14H26N2O2. The molecular weight excluding hydrogens is 228 g/mol. The number of rotatable bonds is 3. The fraction of sp³-hybridized carbons (Fsp3) is 0.929. The molecule has 2 rings (SSSR count). The van der Waals surface area contributed by atoms with Crippen molar-refractivity contribution in [2.24, 2.45) is 11.7 Å². The molecule has 2 fully saturated rings. The Hall–Kier alpha value is -0.610. The van der Waals surface area contributed by atoms with E-state index in [1.807, 2.05) is 0 Å². The summed E-state index contributed by atoms with van der Waals surface area (Å²) in [6.07, 6.45) is 5.09. The van der Waals surface area contributed by atoms with Gasteiger partial charge in [0.2, 0.25) is 0 Å². The van der Waals surface area contributed by atoms with Gasteiger partial charge in [0.1, 0.15) is 5.54 Å². The van der Waals surface area contributed by atoms with Crippen molar-refractivity contribution in [2.75, 3.05) is 13.7 Å². The summed E-state index contributed by atoms with van der Waals surface area (Å²) in [7, 11) is 1.43. The lowest BCUT2D eigenvalue weighted by Crippen LogP contribution is -2.49. The van der Waals surface area contributed by atoms with Gasteiger partial charge in [-0.3, -0.25) is 9.69 Å². The summed E-state index contributed by atoms with van der Waals surface area (Å²) in [4.78, 5) is 14.3. The fourth-order valence-electron chi connectivity index (χ4n) is 3.70. The van der Waals surface area contributed by atoms with Crippen LogP contribution in [0.1, 0.15) is 46.0 Å². The normalized spacial score (nSPS) is 37.4. The van der Waals surface area contributed by atoms with E-state index in [-0.39, 0.29) is 5.97 Å². The monoisotopic (exact) mass is 254 g/mol. The predicted octanol–water partition coefficient (Wildman–Crippen LogP) is 1.53. The maximum absolute atomic E-state index is 11.7. The molecule has 1 aliphatic heterocycles. The minimum atomic E-state index is -0.746. The lowest BCUT2D eigenvalue weighted by Gasteiger charge is -2.33. The SMILES string of the molecule is COC(=O)C1(N)CCC(N2CCCC2C(C)C)C1. The Morgan fingerprint density at radius 3 is 2.78 bits per heavy atom. The van der Waals surface area contributed by atoms with Crippen LogP contribution in [0.25, 0.3) is 0 Å². The van der Waals surface area contributed by atoms with Gasteiger partial charge in [-0.05, 0) is 44.6 Å². The van der Waals surface area contributed by atoms with E-state index >= 15 is 0 Å². The molecule has 1 saturated carbocycles. The average Bonchev–Trinajstić information content (AvgIpc) is 2.94. The molecule has 1 aliphatic carbocycles. The summed E-state index contributed by atoms with van der Waals surface area (Å²) in [6, 6.07) is 1.12. The highest BCUT2D eigenvalue weighted by Crippen LogP contribution is 2.37. The Morgan fingerprint density at radius 1 is 1.44 bits per heavy atom. The van der Waals surface area contributed by atoms with E-state index in [1.165, 1.54) is 20.0 Å². The van der Waals surface area contributed by atoms with Crippen LogP contribution in [0, 0.1) is 5.92 Å². The molecule has 4 nitrogen and oxygen atoms in total. The standard InChI is InChI=1S/C14H26N2O2/c1-10(2)12-5-4-8-16(12)11-6-7-14(15,9-11)13(17)18-3/h10-12H,4-9,15H2,1-3H3. The number of ether oxygens (including phenoxy) is 1. The van der Waals surface area contributed by atoms with E-state index < -0.39 is 5.54 Å². The van der Waals surface area contributed by atoms with E-state index in [9.17, 15) is 4.79 Å². The lowest BCUT2D eigenvalue weighted by molar-refractivity contribution is -0.147. The van der Waals surface area contributed by atoms with Gasteiger partial charge in [-0.2, -0.15) is 0 Å². The van der Waals surface area contributed by atoms with Crippen LogP contribution in [0.2, 0.25) is 0 Å². The molecule has 104 valence electrons. The van der Waals surface area contributed by atoms with E-state index in [1.54, 1.807) is 0 Å². The zero-order valence-electron chi connectivity index (χ0n) is 11.8. The van der Waals surface area contributed by atoms with E-state index in [0.717, 1.165) is 25.8 Å². The van der Waals surface area contributed by atoms with Gasteiger partial charge in [0.05, 0.1) is 7.11 Å². The first kappa shape index (κ1) is 13.8. The van der Waals surface area contributed by atoms with Gasteiger partial charge in [-0.1, -0.05) is 13.8 Å². The minimum Gasteiger partial charge on any atom is -0.468 e. The van der Waals surface area contributed by atoms with Crippen molar-refractivity contribution < 1.29 is 9.53 Å². The Morgan fingerprint density at radius 2 is 2.17 bits per heavy atom. The van der Waals surface area contributed by atoms with Crippen molar-refractivity contribution in [1.29, 1.82) is 0 Å². The molecule has 3 unspecified atom stereocenters. The van der Waals surface area contributed by atoms with E-state index in [2.05, 4.69) is 18.7 Å². The first-order valence-electron chi connectivity index (χ1n) is 7.11. The molecule has 1 saturated heterocycles. The summed E-state index contributed by atoms with van der Waals surface area (Å²) < 4.78 is 4.84. The molecule has 4 heteroatoms. The highest BCUT2D eigenvalue weighted by molar-refractivity contribution is 5.81. The molecule has 2 aliphatic rings. The molecule has 2 N–H and O–H groups in total. The van der Waals surface area contributed by atoms with Gasteiger partial charge in [0, 0.05) is 12.1 Å². The molecule has 0 bridgehead atoms. The highest BCUT2D eigenvalue weighted by atomic mass is 16.5. The molecule has 0 aromatic carbocycles. The van der Waals surface area contributed by atoms with Gasteiger partial charge in [-0.15, -0.1) is 0 Å². The van der Waals surface area contributed by atoms with Crippen molar-refractivity contribution in [3.05, 3.63) is 0 Å². The zero-order valence-corrected chi connectivity index (χ0v) is 11.8. The largest absolute Gasteiger partial charge is 0.468 e. The molecule has 1 heterocycles. The van der Waals surface area contributed by atoms with Gasteiger partial charge in [0.25, 0.3) is 0 Å². The average molecular weight is 254 g/mol. The molecule has 0 radical (unpaired) electrons. The predicted molar refractivity (Wildman–Crippen MR) is 71.1 cm³/mol. The van der Waals surface area contributed by atoms with Crippen molar-refractivity contribution in [3.8, 4) is 0 Å². The van der Waals surface area contributed by atoms with Crippen LogP contribution in [0.3, 0.4) is 0 Å². The van der Waals surface area contributed by atoms with Crippen LogP contribution in [-0.4, -0.2) is 42.1 Å². The molecule has 0 aromatic rings. The van der Waals surface area contributed by atoms with Crippen LogP contribution in [0.15, 0.2) is 0 Å². The third-order valence-corrected chi connectivity index (χ3v) is 4.70. The summed E-state index contributed by atoms with van der Waals surface area (Å²) in [5.41, 5.74) is 5.44. The van der Waals surface area contributed by atoms with E-state index in [4.69, 9.17) is 10.5 Å². The number of methoxy groups -OCH3 is 1. The van der Waals surface area contributed by atoms with Crippen LogP contribution >= 0.6 is 0 Å². The van der Waals surface area contributed by atoms with Gasteiger partial charge < -0.3 is 10.5 Å². The fourth-order valence-corrected chi connectivity index (χ4v) is 3.70. The van der Waals surface area contributed by atoms with Gasteiger partial charge in [-0.25, -0.2) is 0 Å². The van der Waals surface area contributed by atoms with Crippen LogP contribution in [0.4, 0.5) is 0 Å². The van der Waals surface area contributed by atoms with Crippen molar-refractivity contribution in [2.45, 2.75) is 63.6 Å². The van der Waals surface area contributed by atoms with Crippen molar-refractivity contribution in [1.82, 2.24) is 4.90 Å². The van der Waals surface area contributed by atoms with Gasteiger partial charge in [0.15, 0.2) is 0 Å². The number of carbonyl (C=O) groups excluding carboxylic acids is 1. The summed E-state index contributed by atoms with van der Waals surface area (Å²) in [6.45, 7) is 5.73. The molecule has 18 heavy (non-hydrogen) atoms. The van der Waals surface area contributed by atoms with Crippen molar-refractivity contribution in [3.63, 3.8) is 0 Å². The lowest BCUT2D eigenvalue weighted by atomic mass is 9.97. The third kappa shape index (κ3) is 2.41. The highest BCUT2D eigenvalue weighted by Gasteiger charge is 2.46. The maximum Gasteiger partial charge on any atom is 0.325 e. The number of hydrogen-bond donors (Lipinski definition) is 1. The number of esters is 1. The first-order valence-corrected chi connectivity index (χ1v) is 7.11. The number of hydrogen-bond acceptors (Lipinski definition) is 4. The second-order valence-corrected chi connectivity index (χ2v) is 6.24. The number of likely N-dealkylation sites (tertiary alicyclic amines) is 1. The molecule has 0 amide bonds. The van der Waals surface area contributed by atoms with E-state index in [0.29, 0.717) is 18.0 Å². The number of nitrogens with two attached hydrogens (primary N) is 1. The summed E-state index contributed by atoms with van der Waals surface area (Å²) in [5.74, 6) is 0.434. The first-order chi connectivity index (χ1) is 8.48. The molecule has 3 atom stereocenters. The smallest absolute Gasteiger partial charge is 0.325 e. The molecule has 0 spiro atoms. The van der Waals surface area contributed by atoms with Crippen LogP contribution in [0.5, 0.6) is 0 Å². The van der Waals surface area contributed by atoms with Crippen LogP contribution < -0.4 is 5.73 Å². The molecule has 0 aromatic heterocycles. The van der Waals surface area contributed by atoms with Gasteiger partial charge >= 0.3 is 5.97 Å². The summed E-state index contributed by atoms with van der Waals surface area (Å²) >= 11 is 0. The minimum absolute atomic E-state index is 0.245. The number of nitrogens with zero attached hydrogens (tertiary/aromatic N) is 1. The van der Waals surface area contributed by atoms with Crippen LogP contribution in [-0.2, 0) is 9.53 Å². The second kappa shape index (κ2) is 5.17. The summed E-state index contributed by atoms with van der Waals surface area (Å²) in [5, 5.41) is 0. The number of carbonyl (C=O) groups is 1. The second-order valence-electron chi connectivity index (χ2n) is 6.24. The van der Waals surface area contributed by atoms with Crippen molar-refractivity contribution >= 4 is 5.97 Å². The Kier molecular flexibility index (Phi) is 3.97. The zero-order chi connectivity index (χ0) is 13.3. The topological polar surface area (TPSA) is 55.6 Å². The Labute approximate surface area is 110 Å². The Bertz CT molecular complexity index is 319. The third-order valence-electron chi connectivity index (χ3n) is 4.70. The quantitative estimate of drug-likeness (QED) is 0.776.